The highest BCUT2D eigenvalue weighted by Crippen LogP contribution is 2.32. The Kier molecular flexibility index (Phi) is 4.97. The van der Waals surface area contributed by atoms with Crippen LogP contribution < -0.4 is 5.56 Å². The molecular weight excluding hydrogens is 403 g/mol. The van der Waals surface area contributed by atoms with Gasteiger partial charge in [-0.3, -0.25) is 9.69 Å². The van der Waals surface area contributed by atoms with Crippen LogP contribution in [-0.4, -0.2) is 26.4 Å². The first-order chi connectivity index (χ1) is 15.3. The molecule has 2 aromatic heterocycles. The third-order valence-corrected chi connectivity index (χ3v) is 6.19. The Bertz CT molecular complexity index is 1350. The fourth-order valence-corrected chi connectivity index (χ4v) is 4.42. The Morgan fingerprint density at radius 2 is 1.81 bits per heavy atom. The van der Waals surface area contributed by atoms with Crippen LogP contribution in [-0.2, 0) is 24.9 Å². The van der Waals surface area contributed by atoms with Crippen molar-refractivity contribution in [1.29, 1.82) is 0 Å². The lowest BCUT2D eigenvalue weighted by Gasteiger charge is -2.29. The predicted molar refractivity (Wildman–Crippen MR) is 125 cm³/mol. The molecule has 32 heavy (non-hydrogen) atoms. The van der Waals surface area contributed by atoms with E-state index < -0.39 is 0 Å². The molecule has 1 aliphatic heterocycles. The maximum Gasteiger partial charge on any atom is 0.255 e. The Hall–Kier alpha value is -3.25. The van der Waals surface area contributed by atoms with Crippen LogP contribution in [0.5, 0.6) is 0 Å². The molecule has 1 aliphatic rings. The summed E-state index contributed by atoms with van der Waals surface area (Å²) in [6, 6.07) is 14.8. The molecule has 0 bridgehead atoms. The first-order valence-corrected chi connectivity index (χ1v) is 11.0. The second kappa shape index (κ2) is 7.71. The molecule has 5 rings (SSSR count). The van der Waals surface area contributed by atoms with Crippen molar-refractivity contribution in [1.82, 2.24) is 19.9 Å². The fraction of sp³-hybridized carbons (Fsp3) is 0.308. The molecule has 2 aromatic carbocycles. The van der Waals surface area contributed by atoms with E-state index >= 15 is 0 Å². The van der Waals surface area contributed by atoms with Gasteiger partial charge in [0.1, 0.15) is 11.6 Å². The molecule has 164 valence electrons. The third-order valence-electron chi connectivity index (χ3n) is 6.19. The largest absolute Gasteiger partial charge is 0.354 e. The molecule has 6 heteroatoms. The average molecular weight is 431 g/mol. The number of H-pyrrole nitrogens is 2. The van der Waals surface area contributed by atoms with Crippen LogP contribution in [0.1, 0.15) is 43.4 Å². The standard InChI is InChI=1S/C26H27FN4O/c1-26(2,3)25-29-22-12-13-31(15-20(22)24(32)30-25)14-19-18-6-4-5-7-21(18)28-23(19)16-8-10-17(27)11-9-16/h4-11,28H,12-15H2,1-3H3,(H,29,30,32). The molecule has 0 spiro atoms. The highest BCUT2D eigenvalue weighted by molar-refractivity contribution is 5.90. The number of benzene rings is 2. The maximum atomic E-state index is 13.5. The SMILES string of the molecule is CC(C)(C)c1nc2c(c(=O)[nH]1)CN(Cc1c(-c3ccc(F)cc3)[nH]c3ccccc13)CC2. The highest BCUT2D eigenvalue weighted by atomic mass is 19.1. The van der Waals surface area contributed by atoms with Crippen LogP contribution in [0.25, 0.3) is 22.2 Å². The minimum absolute atomic E-state index is 0.0395. The summed E-state index contributed by atoms with van der Waals surface area (Å²) in [5.41, 5.74) is 5.58. The van der Waals surface area contributed by atoms with E-state index in [1.54, 1.807) is 12.1 Å². The van der Waals surface area contributed by atoms with Gasteiger partial charge in [-0.1, -0.05) is 39.0 Å². The molecule has 0 unspecified atom stereocenters. The average Bonchev–Trinajstić information content (AvgIpc) is 3.12. The van der Waals surface area contributed by atoms with Crippen LogP contribution in [0.4, 0.5) is 4.39 Å². The zero-order valence-electron chi connectivity index (χ0n) is 18.6. The van der Waals surface area contributed by atoms with Crippen molar-refractivity contribution in [3.63, 3.8) is 0 Å². The first-order valence-electron chi connectivity index (χ1n) is 11.0. The molecule has 0 amide bonds. The number of aromatic amines is 2. The quantitative estimate of drug-likeness (QED) is 0.485. The van der Waals surface area contributed by atoms with Gasteiger partial charge in [0, 0.05) is 42.4 Å². The van der Waals surface area contributed by atoms with Gasteiger partial charge in [0.05, 0.1) is 17.0 Å². The number of fused-ring (bicyclic) bond motifs is 2. The lowest BCUT2D eigenvalue weighted by atomic mass is 9.94. The Labute approximate surface area is 186 Å². The van der Waals surface area contributed by atoms with Gasteiger partial charge in [0.15, 0.2) is 0 Å². The Morgan fingerprint density at radius 1 is 1.06 bits per heavy atom. The van der Waals surface area contributed by atoms with Gasteiger partial charge in [-0.05, 0) is 41.5 Å². The number of para-hydroxylation sites is 1. The van der Waals surface area contributed by atoms with E-state index in [9.17, 15) is 9.18 Å². The van der Waals surface area contributed by atoms with E-state index in [1.165, 1.54) is 12.1 Å². The second-order valence-corrected chi connectivity index (χ2v) is 9.58. The molecular formula is C26H27FN4O. The second-order valence-electron chi connectivity index (χ2n) is 9.58. The number of hydrogen-bond donors (Lipinski definition) is 2. The van der Waals surface area contributed by atoms with Gasteiger partial charge in [-0.25, -0.2) is 9.37 Å². The van der Waals surface area contributed by atoms with Crippen molar-refractivity contribution in [3.8, 4) is 11.3 Å². The molecule has 2 N–H and O–H groups in total. The van der Waals surface area contributed by atoms with E-state index in [0.29, 0.717) is 13.1 Å². The van der Waals surface area contributed by atoms with E-state index in [2.05, 4.69) is 47.8 Å². The van der Waals surface area contributed by atoms with Crippen LogP contribution in [0, 0.1) is 5.82 Å². The molecule has 0 saturated heterocycles. The summed E-state index contributed by atoms with van der Waals surface area (Å²) >= 11 is 0. The molecule has 0 aliphatic carbocycles. The molecule has 4 aromatic rings. The van der Waals surface area contributed by atoms with Crippen molar-refractivity contribution in [2.24, 2.45) is 0 Å². The predicted octanol–water partition coefficient (Wildman–Crippen LogP) is 4.91. The van der Waals surface area contributed by atoms with Gasteiger partial charge < -0.3 is 9.97 Å². The van der Waals surface area contributed by atoms with Crippen LogP contribution >= 0.6 is 0 Å². The number of nitrogens with zero attached hydrogens (tertiary/aromatic N) is 2. The fourth-order valence-electron chi connectivity index (χ4n) is 4.42. The van der Waals surface area contributed by atoms with Gasteiger partial charge in [0.2, 0.25) is 0 Å². The number of aromatic nitrogens is 3. The molecule has 3 heterocycles. The topological polar surface area (TPSA) is 64.8 Å². The first kappa shape index (κ1) is 20.6. The summed E-state index contributed by atoms with van der Waals surface area (Å²) < 4.78 is 13.5. The number of rotatable bonds is 3. The highest BCUT2D eigenvalue weighted by Gasteiger charge is 2.26. The Balaban J connectivity index is 1.50. The monoisotopic (exact) mass is 430 g/mol. The van der Waals surface area contributed by atoms with Gasteiger partial charge >= 0.3 is 0 Å². The van der Waals surface area contributed by atoms with E-state index in [0.717, 1.165) is 57.8 Å². The van der Waals surface area contributed by atoms with E-state index in [1.807, 2.05) is 12.1 Å². The molecule has 5 nitrogen and oxygen atoms in total. The number of halogens is 1. The summed E-state index contributed by atoms with van der Waals surface area (Å²) in [6.45, 7) is 8.25. The maximum absolute atomic E-state index is 13.5. The van der Waals surface area contributed by atoms with Crippen molar-refractivity contribution >= 4 is 10.9 Å². The van der Waals surface area contributed by atoms with Crippen molar-refractivity contribution in [2.75, 3.05) is 6.54 Å². The molecule has 0 saturated carbocycles. The minimum Gasteiger partial charge on any atom is -0.354 e. The van der Waals surface area contributed by atoms with Crippen molar-refractivity contribution < 1.29 is 4.39 Å². The zero-order chi connectivity index (χ0) is 22.5. The van der Waals surface area contributed by atoms with E-state index in [-0.39, 0.29) is 16.8 Å². The van der Waals surface area contributed by atoms with Gasteiger partial charge in [0.25, 0.3) is 5.56 Å². The van der Waals surface area contributed by atoms with Gasteiger partial charge in [-0.15, -0.1) is 0 Å². The molecule has 0 fully saturated rings. The van der Waals surface area contributed by atoms with Crippen molar-refractivity contribution in [2.45, 2.75) is 45.7 Å². The Morgan fingerprint density at radius 3 is 2.56 bits per heavy atom. The van der Waals surface area contributed by atoms with Crippen LogP contribution in [0.15, 0.2) is 53.3 Å². The summed E-state index contributed by atoms with van der Waals surface area (Å²) in [5, 5.41) is 1.15. The van der Waals surface area contributed by atoms with Crippen molar-refractivity contribution in [3.05, 3.63) is 87.3 Å². The lowest BCUT2D eigenvalue weighted by molar-refractivity contribution is 0.242. The van der Waals surface area contributed by atoms with Crippen LogP contribution in [0.2, 0.25) is 0 Å². The van der Waals surface area contributed by atoms with E-state index in [4.69, 9.17) is 4.98 Å². The molecule has 0 radical (unpaired) electrons. The van der Waals surface area contributed by atoms with Gasteiger partial charge in [-0.2, -0.15) is 0 Å². The zero-order valence-corrected chi connectivity index (χ0v) is 18.6. The smallest absolute Gasteiger partial charge is 0.255 e. The molecule has 0 atom stereocenters. The number of hydrogen-bond acceptors (Lipinski definition) is 3. The third kappa shape index (κ3) is 3.75. The summed E-state index contributed by atoms with van der Waals surface area (Å²) in [7, 11) is 0. The lowest BCUT2D eigenvalue weighted by Crippen LogP contribution is -2.37. The summed E-state index contributed by atoms with van der Waals surface area (Å²) in [4.78, 5) is 26.4. The normalized spacial score (nSPS) is 14.6. The summed E-state index contributed by atoms with van der Waals surface area (Å²) in [6.07, 6.45) is 0.747. The minimum atomic E-state index is -0.250. The number of nitrogens with one attached hydrogen (secondary N) is 2. The van der Waals surface area contributed by atoms with Crippen LogP contribution in [0.3, 0.4) is 0 Å². The summed E-state index contributed by atoms with van der Waals surface area (Å²) in [5.74, 6) is 0.491.